The number of hydrogen-bond acceptors (Lipinski definition) is 4. The summed E-state index contributed by atoms with van der Waals surface area (Å²) >= 11 is 5.15. The number of benzene rings is 1. The van der Waals surface area contributed by atoms with Crippen LogP contribution < -0.4 is 10.6 Å². The van der Waals surface area contributed by atoms with Gasteiger partial charge in [0.25, 0.3) is 0 Å². The Hall–Kier alpha value is -1.34. The lowest BCUT2D eigenvalue weighted by Crippen LogP contribution is -2.48. The number of sulfone groups is 1. The van der Waals surface area contributed by atoms with Gasteiger partial charge in [-0.1, -0.05) is 12.1 Å². The molecule has 1 aromatic carbocycles. The molecule has 1 saturated heterocycles. The van der Waals surface area contributed by atoms with Gasteiger partial charge in [-0.3, -0.25) is 0 Å². The lowest BCUT2D eigenvalue weighted by Gasteiger charge is -2.26. The van der Waals surface area contributed by atoms with Crippen molar-refractivity contribution < 1.29 is 13.5 Å². The minimum atomic E-state index is -2.98. The van der Waals surface area contributed by atoms with E-state index in [0.717, 1.165) is 0 Å². The highest BCUT2D eigenvalue weighted by molar-refractivity contribution is 7.91. The fourth-order valence-electron chi connectivity index (χ4n) is 2.12. The van der Waals surface area contributed by atoms with Gasteiger partial charge in [0, 0.05) is 0 Å². The summed E-state index contributed by atoms with van der Waals surface area (Å²) in [6.07, 6.45) is 0.526. The van der Waals surface area contributed by atoms with Crippen LogP contribution in [0.5, 0.6) is 5.75 Å². The van der Waals surface area contributed by atoms with Gasteiger partial charge in [-0.15, -0.1) is 0 Å². The molecular weight excluding hydrogens is 284 g/mol. The lowest BCUT2D eigenvalue weighted by atomic mass is 10.0. The number of phenolic OH excluding ortho intramolecular Hbond substituents is 1. The zero-order valence-corrected chi connectivity index (χ0v) is 12.1. The van der Waals surface area contributed by atoms with E-state index in [-0.39, 0.29) is 17.3 Å². The van der Waals surface area contributed by atoms with Crippen LogP contribution in [0.4, 0.5) is 5.69 Å². The minimum Gasteiger partial charge on any atom is -0.506 e. The fourth-order valence-corrected chi connectivity index (χ4v) is 4.57. The van der Waals surface area contributed by atoms with Crippen LogP contribution in [0, 0.1) is 0 Å². The van der Waals surface area contributed by atoms with Crippen LogP contribution >= 0.6 is 12.2 Å². The summed E-state index contributed by atoms with van der Waals surface area (Å²) < 4.78 is 23.0. The van der Waals surface area contributed by atoms with Crippen LogP contribution in [-0.4, -0.2) is 35.7 Å². The normalized spacial score (nSPS) is 24.9. The third-order valence-corrected chi connectivity index (χ3v) is 5.18. The molecule has 1 fully saturated rings. The Bertz CT molecular complexity index is 601. The maximum Gasteiger partial charge on any atom is 0.171 e. The molecule has 0 radical (unpaired) electrons. The molecule has 2 rings (SSSR count). The van der Waals surface area contributed by atoms with Crippen molar-refractivity contribution in [2.24, 2.45) is 0 Å². The Morgan fingerprint density at radius 2 is 2.11 bits per heavy atom. The van der Waals surface area contributed by atoms with Gasteiger partial charge in [0.1, 0.15) is 5.75 Å². The van der Waals surface area contributed by atoms with Crippen LogP contribution in [0.2, 0.25) is 0 Å². The van der Waals surface area contributed by atoms with Crippen molar-refractivity contribution in [2.75, 3.05) is 16.8 Å². The van der Waals surface area contributed by atoms with Gasteiger partial charge in [-0.25, -0.2) is 8.42 Å². The van der Waals surface area contributed by atoms with E-state index in [2.05, 4.69) is 10.6 Å². The Morgan fingerprint density at radius 1 is 1.42 bits per heavy atom. The van der Waals surface area contributed by atoms with Crippen molar-refractivity contribution in [3.63, 3.8) is 0 Å². The standard InChI is InChI=1S/C12H16N2O3S2/c1-12(6-7-19(16,17)8-12)14-11(18)13-9-4-2-3-5-10(9)15/h2-5,15H,6-8H2,1H3,(H2,13,14,18). The van der Waals surface area contributed by atoms with Gasteiger partial charge in [0.2, 0.25) is 0 Å². The molecule has 7 heteroatoms. The van der Waals surface area contributed by atoms with Crippen LogP contribution in [0.25, 0.3) is 0 Å². The molecule has 0 amide bonds. The molecule has 3 N–H and O–H groups in total. The van der Waals surface area contributed by atoms with Gasteiger partial charge in [-0.2, -0.15) is 0 Å². The number of anilines is 1. The molecule has 1 unspecified atom stereocenters. The highest BCUT2D eigenvalue weighted by atomic mass is 32.2. The van der Waals surface area contributed by atoms with E-state index < -0.39 is 15.4 Å². The zero-order chi connectivity index (χ0) is 14.1. The van der Waals surface area contributed by atoms with E-state index >= 15 is 0 Å². The number of thiocarbonyl (C=S) groups is 1. The van der Waals surface area contributed by atoms with E-state index in [1.165, 1.54) is 0 Å². The van der Waals surface area contributed by atoms with Crippen molar-refractivity contribution in [2.45, 2.75) is 18.9 Å². The summed E-state index contributed by atoms with van der Waals surface area (Å²) in [5, 5.41) is 15.8. The van der Waals surface area contributed by atoms with Gasteiger partial charge < -0.3 is 15.7 Å². The Labute approximate surface area is 117 Å². The predicted molar refractivity (Wildman–Crippen MR) is 79.1 cm³/mol. The maximum absolute atomic E-state index is 11.5. The highest BCUT2D eigenvalue weighted by Gasteiger charge is 2.38. The van der Waals surface area contributed by atoms with Crippen LogP contribution in [-0.2, 0) is 9.84 Å². The summed E-state index contributed by atoms with van der Waals surface area (Å²) in [6.45, 7) is 1.83. The van der Waals surface area contributed by atoms with E-state index in [9.17, 15) is 13.5 Å². The quantitative estimate of drug-likeness (QED) is 0.564. The van der Waals surface area contributed by atoms with Crippen molar-refractivity contribution in [1.29, 1.82) is 0 Å². The zero-order valence-electron chi connectivity index (χ0n) is 10.5. The Morgan fingerprint density at radius 3 is 2.68 bits per heavy atom. The molecule has 0 saturated carbocycles. The second kappa shape index (κ2) is 4.97. The topological polar surface area (TPSA) is 78.4 Å². The van der Waals surface area contributed by atoms with Gasteiger partial charge in [0.05, 0.1) is 22.7 Å². The summed E-state index contributed by atoms with van der Waals surface area (Å²) in [4.78, 5) is 0. The summed E-state index contributed by atoms with van der Waals surface area (Å²) in [7, 11) is -2.98. The molecule has 1 atom stereocenters. The average Bonchev–Trinajstić information content (AvgIpc) is 2.56. The molecule has 5 nitrogen and oxygen atoms in total. The first-order valence-corrected chi connectivity index (χ1v) is 8.10. The van der Waals surface area contributed by atoms with Crippen LogP contribution in [0.1, 0.15) is 13.3 Å². The smallest absolute Gasteiger partial charge is 0.171 e. The van der Waals surface area contributed by atoms with Gasteiger partial charge >= 0.3 is 0 Å². The lowest BCUT2D eigenvalue weighted by molar-refractivity contribution is 0.471. The molecule has 1 heterocycles. The molecular formula is C12H16N2O3S2. The van der Waals surface area contributed by atoms with E-state index in [4.69, 9.17) is 12.2 Å². The molecule has 1 aliphatic heterocycles. The van der Waals surface area contributed by atoms with E-state index in [0.29, 0.717) is 17.2 Å². The largest absolute Gasteiger partial charge is 0.506 e. The number of rotatable bonds is 2. The summed E-state index contributed by atoms with van der Waals surface area (Å²) in [5.74, 6) is 0.342. The second-order valence-electron chi connectivity index (χ2n) is 5.00. The van der Waals surface area contributed by atoms with Crippen LogP contribution in [0.3, 0.4) is 0 Å². The van der Waals surface area contributed by atoms with Crippen LogP contribution in [0.15, 0.2) is 24.3 Å². The third kappa shape index (κ3) is 3.57. The van der Waals surface area contributed by atoms with E-state index in [1.54, 1.807) is 24.3 Å². The summed E-state index contributed by atoms with van der Waals surface area (Å²) in [5.41, 5.74) is -0.0581. The molecule has 0 aromatic heterocycles. The monoisotopic (exact) mass is 300 g/mol. The third-order valence-electron chi connectivity index (χ3n) is 3.07. The maximum atomic E-state index is 11.5. The molecule has 0 spiro atoms. The number of aromatic hydroxyl groups is 1. The number of nitrogens with one attached hydrogen (secondary N) is 2. The molecule has 19 heavy (non-hydrogen) atoms. The van der Waals surface area contributed by atoms with Gasteiger partial charge in [-0.05, 0) is 37.7 Å². The summed E-state index contributed by atoms with van der Waals surface area (Å²) in [6, 6.07) is 6.72. The fraction of sp³-hybridized carbons (Fsp3) is 0.417. The van der Waals surface area contributed by atoms with Crippen molar-refractivity contribution in [3.8, 4) is 5.75 Å². The number of hydrogen-bond donors (Lipinski definition) is 3. The first-order chi connectivity index (χ1) is 8.80. The molecule has 1 aliphatic rings. The van der Waals surface area contributed by atoms with Gasteiger partial charge in [0.15, 0.2) is 14.9 Å². The molecule has 1 aromatic rings. The first kappa shape index (κ1) is 14.1. The minimum absolute atomic E-state index is 0.0720. The number of para-hydroxylation sites is 2. The average molecular weight is 300 g/mol. The first-order valence-electron chi connectivity index (χ1n) is 5.87. The van der Waals surface area contributed by atoms with Crippen molar-refractivity contribution in [1.82, 2.24) is 5.32 Å². The Balaban J connectivity index is 2.01. The second-order valence-corrected chi connectivity index (χ2v) is 7.59. The van der Waals surface area contributed by atoms with E-state index in [1.807, 2.05) is 6.92 Å². The number of phenols is 1. The SMILES string of the molecule is CC1(NC(=S)Nc2ccccc2O)CCS(=O)(=O)C1. The predicted octanol–water partition coefficient (Wildman–Crippen LogP) is 1.26. The highest BCUT2D eigenvalue weighted by Crippen LogP contribution is 2.24. The molecule has 104 valence electrons. The van der Waals surface area contributed by atoms with Crippen molar-refractivity contribution >= 4 is 32.9 Å². The molecule has 0 aliphatic carbocycles. The Kier molecular flexibility index (Phi) is 3.69. The molecule has 0 bridgehead atoms. The van der Waals surface area contributed by atoms with Crippen molar-refractivity contribution in [3.05, 3.63) is 24.3 Å².